The fraction of sp³-hybridized carbons (Fsp3) is 0.385. The number of alkyl halides is 2. The van der Waals surface area contributed by atoms with Crippen LogP contribution in [0.5, 0.6) is 11.5 Å². The molecular formula is C13H15F2NO2. The number of halogens is 2. The highest BCUT2D eigenvalue weighted by Gasteiger charge is 2.18. The first kappa shape index (κ1) is 12.8. The molecule has 0 atom stereocenters. The average Bonchev–Trinajstić information content (AvgIpc) is 2.59. The van der Waals surface area contributed by atoms with Crippen LogP contribution in [-0.2, 0) is 0 Å². The number of rotatable bonds is 3. The second-order valence-corrected chi connectivity index (χ2v) is 3.92. The van der Waals surface area contributed by atoms with Crippen LogP contribution in [0.3, 0.4) is 0 Å². The third-order valence-corrected chi connectivity index (χ3v) is 2.62. The molecule has 0 aromatic heterocycles. The van der Waals surface area contributed by atoms with E-state index in [9.17, 15) is 8.78 Å². The van der Waals surface area contributed by atoms with E-state index in [0.29, 0.717) is 36.8 Å². The lowest BCUT2D eigenvalue weighted by atomic mass is 10.1. The lowest BCUT2D eigenvalue weighted by Gasteiger charge is -2.12. The van der Waals surface area contributed by atoms with E-state index in [1.165, 1.54) is 6.07 Å². The number of fused-ring (bicyclic) bond motifs is 1. The maximum Gasteiger partial charge on any atom is 0.264 e. The highest BCUT2D eigenvalue weighted by molar-refractivity contribution is 5.61. The van der Waals surface area contributed by atoms with Crippen LogP contribution >= 0.6 is 0 Å². The maximum absolute atomic E-state index is 13.0. The molecule has 98 valence electrons. The summed E-state index contributed by atoms with van der Waals surface area (Å²) >= 11 is 0. The van der Waals surface area contributed by atoms with Gasteiger partial charge in [0, 0.05) is 18.5 Å². The van der Waals surface area contributed by atoms with Gasteiger partial charge >= 0.3 is 0 Å². The van der Waals surface area contributed by atoms with E-state index in [4.69, 9.17) is 15.2 Å². The molecule has 0 aliphatic carbocycles. The molecule has 0 radical (unpaired) electrons. The fourth-order valence-electron chi connectivity index (χ4n) is 1.77. The van der Waals surface area contributed by atoms with Crippen LogP contribution in [0.4, 0.5) is 8.78 Å². The van der Waals surface area contributed by atoms with Crippen molar-refractivity contribution >= 4 is 6.08 Å². The molecule has 0 unspecified atom stereocenters. The molecular weight excluding hydrogens is 240 g/mol. The van der Waals surface area contributed by atoms with Crippen LogP contribution in [-0.4, -0.2) is 19.8 Å². The van der Waals surface area contributed by atoms with E-state index in [1.54, 1.807) is 18.2 Å². The van der Waals surface area contributed by atoms with Gasteiger partial charge in [-0.05, 0) is 17.7 Å². The summed E-state index contributed by atoms with van der Waals surface area (Å²) < 4.78 is 36.8. The van der Waals surface area contributed by atoms with Crippen molar-refractivity contribution in [1.29, 1.82) is 0 Å². The Hall–Kier alpha value is -1.62. The highest BCUT2D eigenvalue weighted by atomic mass is 19.3. The highest BCUT2D eigenvalue weighted by Crippen LogP contribution is 2.37. The first-order chi connectivity index (χ1) is 8.72. The van der Waals surface area contributed by atoms with Gasteiger partial charge in [0.2, 0.25) is 0 Å². The first-order valence-corrected chi connectivity index (χ1v) is 5.80. The van der Waals surface area contributed by atoms with Gasteiger partial charge in [-0.3, -0.25) is 0 Å². The minimum absolute atomic E-state index is 0.0658. The molecule has 0 spiro atoms. The molecule has 18 heavy (non-hydrogen) atoms. The third kappa shape index (κ3) is 2.79. The molecule has 1 aromatic carbocycles. The standard InChI is InChI=1S/C13H15F2NO2/c14-13(15)10-8-12-11(17-5-2-6-18-12)7-9(10)3-1-4-16/h1,3,7-8,13H,2,4-6,16H2/b3-1+. The molecule has 2 rings (SSSR count). The largest absolute Gasteiger partial charge is 0.490 e. The van der Waals surface area contributed by atoms with E-state index >= 15 is 0 Å². The molecule has 1 aliphatic heterocycles. The van der Waals surface area contributed by atoms with Crippen molar-refractivity contribution in [2.24, 2.45) is 5.73 Å². The number of hydrogen-bond donors (Lipinski definition) is 1. The summed E-state index contributed by atoms with van der Waals surface area (Å²) in [4.78, 5) is 0. The van der Waals surface area contributed by atoms with Gasteiger partial charge < -0.3 is 15.2 Å². The van der Waals surface area contributed by atoms with Gasteiger partial charge in [0.25, 0.3) is 6.43 Å². The number of nitrogens with two attached hydrogens (primary N) is 1. The van der Waals surface area contributed by atoms with Crippen LogP contribution in [0.1, 0.15) is 24.0 Å². The van der Waals surface area contributed by atoms with Gasteiger partial charge in [-0.1, -0.05) is 12.2 Å². The zero-order chi connectivity index (χ0) is 13.0. The zero-order valence-corrected chi connectivity index (χ0v) is 9.86. The van der Waals surface area contributed by atoms with Crippen LogP contribution in [0, 0.1) is 0 Å². The Morgan fingerprint density at radius 2 is 1.89 bits per heavy atom. The molecule has 1 heterocycles. The predicted molar refractivity (Wildman–Crippen MR) is 65.1 cm³/mol. The Labute approximate surface area is 104 Å². The van der Waals surface area contributed by atoms with Gasteiger partial charge in [-0.15, -0.1) is 0 Å². The Morgan fingerprint density at radius 3 is 2.50 bits per heavy atom. The number of ether oxygens (including phenoxy) is 2. The Bertz CT molecular complexity index is 447. The molecule has 0 fully saturated rings. The summed E-state index contributed by atoms with van der Waals surface area (Å²) in [6.07, 6.45) is 1.40. The van der Waals surface area contributed by atoms with E-state index in [1.807, 2.05) is 0 Å². The molecule has 0 saturated heterocycles. The van der Waals surface area contributed by atoms with Gasteiger partial charge in [-0.25, -0.2) is 8.78 Å². The van der Waals surface area contributed by atoms with E-state index in [0.717, 1.165) is 6.42 Å². The topological polar surface area (TPSA) is 44.5 Å². The molecule has 3 nitrogen and oxygen atoms in total. The van der Waals surface area contributed by atoms with Crippen LogP contribution in [0.2, 0.25) is 0 Å². The summed E-state index contributed by atoms with van der Waals surface area (Å²) in [5, 5.41) is 0. The lowest BCUT2D eigenvalue weighted by molar-refractivity contribution is 0.150. The SMILES string of the molecule is NC/C=C/c1cc2c(cc1C(F)F)OCCCO2. The molecule has 0 bridgehead atoms. The summed E-state index contributed by atoms with van der Waals surface area (Å²) in [6, 6.07) is 2.93. The van der Waals surface area contributed by atoms with E-state index < -0.39 is 6.43 Å². The Balaban J connectivity index is 2.44. The van der Waals surface area contributed by atoms with Crippen molar-refractivity contribution in [2.45, 2.75) is 12.8 Å². The quantitative estimate of drug-likeness (QED) is 0.903. The van der Waals surface area contributed by atoms with E-state index in [-0.39, 0.29) is 5.56 Å². The summed E-state index contributed by atoms with van der Waals surface area (Å²) in [7, 11) is 0. The van der Waals surface area contributed by atoms with Gasteiger partial charge in [-0.2, -0.15) is 0 Å². The molecule has 5 heteroatoms. The number of benzene rings is 1. The van der Waals surface area contributed by atoms with Gasteiger partial charge in [0.15, 0.2) is 11.5 Å². The Kier molecular flexibility index (Phi) is 4.15. The monoisotopic (exact) mass is 255 g/mol. The smallest absolute Gasteiger partial charge is 0.264 e. The van der Waals surface area contributed by atoms with Crippen molar-refractivity contribution in [3.63, 3.8) is 0 Å². The third-order valence-electron chi connectivity index (χ3n) is 2.62. The minimum Gasteiger partial charge on any atom is -0.490 e. The van der Waals surface area contributed by atoms with Gasteiger partial charge in [0.1, 0.15) is 0 Å². The first-order valence-electron chi connectivity index (χ1n) is 5.80. The van der Waals surface area contributed by atoms with E-state index in [2.05, 4.69) is 0 Å². The van der Waals surface area contributed by atoms with Gasteiger partial charge in [0.05, 0.1) is 13.2 Å². The zero-order valence-electron chi connectivity index (χ0n) is 9.86. The van der Waals surface area contributed by atoms with Crippen molar-refractivity contribution in [3.8, 4) is 11.5 Å². The van der Waals surface area contributed by atoms with Crippen LogP contribution in [0.15, 0.2) is 18.2 Å². The van der Waals surface area contributed by atoms with Crippen LogP contribution in [0.25, 0.3) is 6.08 Å². The Morgan fingerprint density at radius 1 is 1.22 bits per heavy atom. The second-order valence-electron chi connectivity index (χ2n) is 3.92. The van der Waals surface area contributed by atoms with Crippen molar-refractivity contribution in [1.82, 2.24) is 0 Å². The predicted octanol–water partition coefficient (Wildman–Crippen LogP) is 2.76. The normalized spacial score (nSPS) is 15.1. The van der Waals surface area contributed by atoms with Crippen molar-refractivity contribution in [2.75, 3.05) is 19.8 Å². The summed E-state index contributed by atoms with van der Waals surface area (Å²) in [5.41, 5.74) is 5.69. The van der Waals surface area contributed by atoms with Crippen molar-refractivity contribution < 1.29 is 18.3 Å². The maximum atomic E-state index is 13.0. The molecule has 0 saturated carbocycles. The number of hydrogen-bond acceptors (Lipinski definition) is 3. The molecule has 0 amide bonds. The average molecular weight is 255 g/mol. The lowest BCUT2D eigenvalue weighted by Crippen LogP contribution is -1.97. The summed E-state index contributed by atoms with van der Waals surface area (Å²) in [5.74, 6) is 0.890. The minimum atomic E-state index is -2.56. The fourth-order valence-corrected chi connectivity index (χ4v) is 1.77. The van der Waals surface area contributed by atoms with Crippen molar-refractivity contribution in [3.05, 3.63) is 29.3 Å². The second kappa shape index (κ2) is 5.82. The summed E-state index contributed by atoms with van der Waals surface area (Å²) in [6.45, 7) is 1.31. The molecule has 1 aromatic rings. The van der Waals surface area contributed by atoms with Crippen LogP contribution < -0.4 is 15.2 Å². The molecule has 2 N–H and O–H groups in total. The molecule has 1 aliphatic rings.